The minimum absolute atomic E-state index is 0.0295. The number of nitrogens with zero attached hydrogens (tertiary/aromatic N) is 3. The molecule has 4 aromatic rings. The van der Waals surface area contributed by atoms with E-state index in [9.17, 15) is 9.59 Å². The number of para-hydroxylation sites is 2. The summed E-state index contributed by atoms with van der Waals surface area (Å²) in [6.07, 6.45) is 1.45. The molecule has 6 nitrogen and oxygen atoms in total. The van der Waals surface area contributed by atoms with Gasteiger partial charge in [0.05, 0.1) is 11.7 Å². The third kappa shape index (κ3) is 2.56. The fraction of sp³-hybridized carbons (Fsp3) is 0.150. The lowest BCUT2D eigenvalue weighted by Crippen LogP contribution is -2.30. The van der Waals surface area contributed by atoms with E-state index in [2.05, 4.69) is 5.10 Å². The average Bonchev–Trinajstić information content (AvgIpc) is 3.06. The van der Waals surface area contributed by atoms with Crippen molar-refractivity contribution in [3.05, 3.63) is 70.7 Å². The second-order valence-corrected chi connectivity index (χ2v) is 6.19. The van der Waals surface area contributed by atoms with E-state index < -0.39 is 5.63 Å². The van der Waals surface area contributed by atoms with Gasteiger partial charge in [-0.3, -0.25) is 9.48 Å². The number of anilines is 1. The molecule has 0 atom stereocenters. The normalized spacial score (nSPS) is 11.2. The summed E-state index contributed by atoms with van der Waals surface area (Å²) in [6.45, 7) is 1.99. The van der Waals surface area contributed by atoms with Crippen molar-refractivity contribution in [1.29, 1.82) is 0 Å². The quantitative estimate of drug-likeness (QED) is 0.534. The van der Waals surface area contributed by atoms with Crippen LogP contribution in [0.3, 0.4) is 0 Å². The molecule has 0 spiro atoms. The molecule has 130 valence electrons. The topological polar surface area (TPSA) is 68.3 Å². The van der Waals surface area contributed by atoms with Gasteiger partial charge < -0.3 is 9.32 Å². The molecule has 0 fully saturated rings. The Kier molecular flexibility index (Phi) is 3.80. The molecule has 0 aliphatic rings. The van der Waals surface area contributed by atoms with E-state index >= 15 is 0 Å². The first-order valence-electron chi connectivity index (χ1n) is 8.26. The van der Waals surface area contributed by atoms with Gasteiger partial charge in [0.15, 0.2) is 0 Å². The third-order valence-electron chi connectivity index (χ3n) is 4.54. The number of benzene rings is 2. The number of rotatable bonds is 3. The first-order valence-corrected chi connectivity index (χ1v) is 8.26. The molecular weight excluding hydrogens is 330 g/mol. The maximum atomic E-state index is 12.8. The summed E-state index contributed by atoms with van der Waals surface area (Å²) in [7, 11) is 1.74. The molecule has 6 heteroatoms. The highest BCUT2D eigenvalue weighted by atomic mass is 16.4. The summed E-state index contributed by atoms with van der Waals surface area (Å²) in [5.74, 6) is -0.123. The largest absolute Gasteiger partial charge is 0.422 e. The van der Waals surface area contributed by atoms with E-state index in [0.29, 0.717) is 16.5 Å². The fourth-order valence-electron chi connectivity index (χ4n) is 3.15. The van der Waals surface area contributed by atoms with Crippen LogP contribution in [0, 0.1) is 6.92 Å². The smallest absolute Gasteiger partial charge is 0.347 e. The van der Waals surface area contributed by atoms with Crippen LogP contribution in [0.2, 0.25) is 0 Å². The maximum Gasteiger partial charge on any atom is 0.347 e. The average molecular weight is 347 g/mol. The molecule has 0 aliphatic carbocycles. The van der Waals surface area contributed by atoms with Gasteiger partial charge in [-0.05, 0) is 30.7 Å². The van der Waals surface area contributed by atoms with Crippen molar-refractivity contribution in [1.82, 2.24) is 9.78 Å². The van der Waals surface area contributed by atoms with Crippen LogP contribution >= 0.6 is 0 Å². The van der Waals surface area contributed by atoms with Crippen LogP contribution < -0.4 is 10.5 Å². The Morgan fingerprint density at radius 3 is 2.65 bits per heavy atom. The molecule has 0 saturated carbocycles. The van der Waals surface area contributed by atoms with E-state index in [0.717, 1.165) is 16.6 Å². The number of hydrogen-bond donors (Lipinski definition) is 0. The Bertz CT molecular complexity index is 1190. The number of fused-ring (bicyclic) bond motifs is 3. The van der Waals surface area contributed by atoms with Gasteiger partial charge in [0.25, 0.3) is 0 Å². The van der Waals surface area contributed by atoms with E-state index in [1.807, 2.05) is 43.3 Å². The molecule has 1 amide bonds. The predicted octanol–water partition coefficient (Wildman–Crippen LogP) is 3.11. The molecule has 0 N–H and O–H groups in total. The fourth-order valence-corrected chi connectivity index (χ4v) is 3.15. The lowest BCUT2D eigenvalue weighted by atomic mass is 10.2. The highest BCUT2D eigenvalue weighted by Crippen LogP contribution is 2.23. The van der Waals surface area contributed by atoms with Crippen LogP contribution in [0.1, 0.15) is 5.56 Å². The molecule has 2 heterocycles. The highest BCUT2D eigenvalue weighted by molar-refractivity contribution is 6.03. The standard InChI is InChI=1S/C20H17N3O3/c1-13-7-3-5-9-16(13)22(2)18(24)12-23-19-14-8-4-6-10-17(14)26-20(25)15(19)11-21-23/h3-11H,12H2,1-2H3. The van der Waals surface area contributed by atoms with Crippen molar-refractivity contribution in [3.63, 3.8) is 0 Å². The lowest BCUT2D eigenvalue weighted by molar-refractivity contribution is -0.119. The van der Waals surface area contributed by atoms with Gasteiger partial charge in [0.2, 0.25) is 5.91 Å². The number of hydrogen-bond acceptors (Lipinski definition) is 4. The van der Waals surface area contributed by atoms with Crippen molar-refractivity contribution in [2.75, 3.05) is 11.9 Å². The molecule has 4 rings (SSSR count). The molecular formula is C20H17N3O3. The van der Waals surface area contributed by atoms with Gasteiger partial charge in [0.1, 0.15) is 17.5 Å². The summed E-state index contributed by atoms with van der Waals surface area (Å²) in [6, 6.07) is 14.9. The zero-order chi connectivity index (χ0) is 18.3. The number of likely N-dealkylation sites (N-methyl/N-ethyl adjacent to an activating group) is 1. The van der Waals surface area contributed by atoms with E-state index in [1.54, 1.807) is 28.8 Å². The SMILES string of the molecule is Cc1ccccc1N(C)C(=O)Cn1ncc2c(=O)oc3ccccc3c21. The third-order valence-corrected chi connectivity index (χ3v) is 4.54. The summed E-state index contributed by atoms with van der Waals surface area (Å²) in [5.41, 5.74) is 2.50. The van der Waals surface area contributed by atoms with E-state index in [4.69, 9.17) is 4.42 Å². The Balaban J connectivity index is 1.77. The lowest BCUT2D eigenvalue weighted by Gasteiger charge is -2.19. The summed E-state index contributed by atoms with van der Waals surface area (Å²) < 4.78 is 6.88. The monoisotopic (exact) mass is 347 g/mol. The molecule has 0 radical (unpaired) electrons. The van der Waals surface area contributed by atoms with Crippen LogP contribution in [0.4, 0.5) is 5.69 Å². The molecule has 2 aromatic heterocycles. The van der Waals surface area contributed by atoms with E-state index in [1.165, 1.54) is 6.20 Å². The van der Waals surface area contributed by atoms with Gasteiger partial charge in [-0.15, -0.1) is 0 Å². The van der Waals surface area contributed by atoms with Gasteiger partial charge in [-0.25, -0.2) is 4.79 Å². The van der Waals surface area contributed by atoms with Crippen LogP contribution in [0.15, 0.2) is 63.9 Å². The minimum atomic E-state index is -0.454. The van der Waals surface area contributed by atoms with Crippen LogP contribution in [0.25, 0.3) is 21.9 Å². The van der Waals surface area contributed by atoms with Crippen LogP contribution in [-0.2, 0) is 11.3 Å². The van der Waals surface area contributed by atoms with Crippen LogP contribution in [-0.4, -0.2) is 22.7 Å². The number of carbonyl (C=O) groups excluding carboxylic acids is 1. The van der Waals surface area contributed by atoms with Crippen molar-refractivity contribution in [2.24, 2.45) is 0 Å². The maximum absolute atomic E-state index is 12.8. The first-order chi connectivity index (χ1) is 12.6. The van der Waals surface area contributed by atoms with Crippen molar-refractivity contribution >= 4 is 33.5 Å². The van der Waals surface area contributed by atoms with Gasteiger partial charge >= 0.3 is 5.63 Å². The molecule has 0 aliphatic heterocycles. The highest BCUT2D eigenvalue weighted by Gasteiger charge is 2.18. The Labute approximate surface area is 149 Å². The van der Waals surface area contributed by atoms with E-state index in [-0.39, 0.29) is 12.5 Å². The first kappa shape index (κ1) is 16.1. The Hall–Kier alpha value is -3.41. The summed E-state index contributed by atoms with van der Waals surface area (Å²) >= 11 is 0. The Morgan fingerprint density at radius 1 is 1.12 bits per heavy atom. The zero-order valence-corrected chi connectivity index (χ0v) is 14.5. The Morgan fingerprint density at radius 2 is 1.85 bits per heavy atom. The van der Waals surface area contributed by atoms with Crippen molar-refractivity contribution in [3.8, 4) is 0 Å². The van der Waals surface area contributed by atoms with Crippen molar-refractivity contribution < 1.29 is 9.21 Å². The molecule has 0 saturated heterocycles. The summed E-state index contributed by atoms with van der Waals surface area (Å²) in [4.78, 5) is 26.6. The number of aryl methyl sites for hydroxylation is 1. The molecule has 2 aromatic carbocycles. The number of amides is 1. The number of carbonyl (C=O) groups is 1. The molecule has 0 bridgehead atoms. The number of aromatic nitrogens is 2. The van der Waals surface area contributed by atoms with Crippen LogP contribution in [0.5, 0.6) is 0 Å². The second kappa shape index (κ2) is 6.15. The zero-order valence-electron chi connectivity index (χ0n) is 14.5. The van der Waals surface area contributed by atoms with Gasteiger partial charge in [0, 0.05) is 18.1 Å². The minimum Gasteiger partial charge on any atom is -0.422 e. The predicted molar refractivity (Wildman–Crippen MR) is 100 cm³/mol. The second-order valence-electron chi connectivity index (χ2n) is 6.19. The molecule has 0 unspecified atom stereocenters. The summed E-state index contributed by atoms with van der Waals surface area (Å²) in [5, 5.41) is 5.38. The molecule has 26 heavy (non-hydrogen) atoms. The van der Waals surface area contributed by atoms with Crippen molar-refractivity contribution in [2.45, 2.75) is 13.5 Å². The van der Waals surface area contributed by atoms with Gasteiger partial charge in [-0.2, -0.15) is 5.10 Å². The van der Waals surface area contributed by atoms with Gasteiger partial charge in [-0.1, -0.05) is 30.3 Å².